The standard InChI is InChI=1S/C62H72N16O24S4.4Zn/c1-59-61(3)75-31-67-49-47-63(51(67)79)29-65-48-50-69(53(65)81)33-77-57(85)73-27-39-43(101-19-7-23-105(93,94)95)15-11-36-12-16-44(102-20-8-24-106(96,97)98)40(46(36)39)28-74-58(86)78(62(77,4)60(73,74)2)34-70(50)54(82)66(48)30-64(47)52(80)68(49)32-76(61)56(84)72(59)26-38-42(100-18-6-22-104(90,91)92)14-10-35-9-13-41(99-17-5-21-103(87,88)89)37(45(35)38)25-71(59)55(75)83;;;;/h9-16,47-50H,5-8,17-34H2,1-4H3,(H,87,88,89)(H,90,91,92)(H,93,94,95)(H,96,97,98);;;;/q;4*+2. The minimum absolute atomic E-state index is 0. The van der Waals surface area contributed by atoms with Crippen molar-refractivity contribution in [3.63, 3.8) is 0 Å². The van der Waals surface area contributed by atoms with Crippen molar-refractivity contribution in [1.29, 1.82) is 0 Å². The molecule has 0 radical (unpaired) electrons. The molecule has 0 aromatic heterocycles. The Kier molecular flexibility index (Phi) is 20.1. The van der Waals surface area contributed by atoms with Gasteiger partial charge in [-0.1, -0.05) is 24.3 Å². The van der Waals surface area contributed by atoms with Gasteiger partial charge in [-0.3, -0.25) is 96.6 Å². The van der Waals surface area contributed by atoms with E-state index >= 15 is 38.4 Å². The summed E-state index contributed by atoms with van der Waals surface area (Å²) < 4.78 is 158. The second-order valence-electron chi connectivity index (χ2n) is 29.0. The molecule has 11 fully saturated rings. The van der Waals surface area contributed by atoms with Crippen LogP contribution in [-0.4, -0.2) is 315 Å². The van der Waals surface area contributed by atoms with E-state index in [2.05, 4.69) is 0 Å². The number of carbonyl (C=O) groups is 8. The van der Waals surface area contributed by atoms with Gasteiger partial charge in [-0.05, 0) is 99.2 Å². The van der Waals surface area contributed by atoms with E-state index in [4.69, 9.17) is 18.9 Å². The summed E-state index contributed by atoms with van der Waals surface area (Å²) in [6.45, 7) is 0.968. The number of nitrogens with zero attached hydrogens (tertiary/aromatic N) is 16. The van der Waals surface area contributed by atoms with Gasteiger partial charge in [0.05, 0.1) is 75.6 Å². The number of carbonyl (C=O) groups excluding carboxylic acids is 8. The summed E-state index contributed by atoms with van der Waals surface area (Å²) in [7, 11) is -17.6. The van der Waals surface area contributed by atoms with Crippen molar-refractivity contribution in [3.05, 3.63) is 70.8 Å². The molecule has 568 valence electrons. The fourth-order valence-corrected chi connectivity index (χ4v) is 20.5. The number of hydrogen-bond acceptors (Lipinski definition) is 20. The van der Waals surface area contributed by atoms with Crippen molar-refractivity contribution in [3.8, 4) is 23.0 Å². The molecule has 4 aromatic carbocycles. The molecule has 4 aromatic rings. The molecule has 4 N–H and O–H groups in total. The molecule has 13 heterocycles. The van der Waals surface area contributed by atoms with E-state index in [9.17, 15) is 51.9 Å². The minimum Gasteiger partial charge on any atom is -0.493 e. The Hall–Kier alpha value is -7.11. The predicted molar refractivity (Wildman–Crippen MR) is 359 cm³/mol. The summed E-state index contributed by atoms with van der Waals surface area (Å²) in [6, 6.07) is 7.49. The van der Waals surface area contributed by atoms with Crippen LogP contribution in [0.25, 0.3) is 21.5 Å². The molecule has 0 spiro atoms. The molecule has 0 saturated carbocycles. The smallest absolute Gasteiger partial charge is 0.493 e. The zero-order valence-corrected chi connectivity index (χ0v) is 75.2. The SMILES string of the molecule is CC12N3Cc4c(OCCCS(=O)(=O)O)ccc5ccc(OCCCS(=O)(=O)O)c(c45)CN1C(=O)N1CN4C(=O)N5CN6C(=O)N7CN8C(=O)N9Cc%10c(OCCCS(=O)(=O)O)ccc%11ccc(OCCCS(=O)(=O)O)c(c%10%11)CN%10C(=O)N(CN%11C(=O)N(CN%12C(=O)N(CN(C3=O)C12C)C4C%125)C6C%117)C8(C)C%109C.[Zn+2].[Zn+2].[Zn+2].[Zn+2]. The maximum Gasteiger partial charge on any atom is 2.00 e. The van der Waals surface area contributed by atoms with Crippen LogP contribution in [0, 0.1) is 0 Å². The zero-order chi connectivity index (χ0) is 75.1. The van der Waals surface area contributed by atoms with E-state index in [1.807, 2.05) is 0 Å². The molecule has 40 nitrogen and oxygen atoms in total. The van der Waals surface area contributed by atoms with Gasteiger partial charge in [0.2, 0.25) is 0 Å². The molecular formula is C62H72N16O24S4Zn4+8. The van der Waals surface area contributed by atoms with Crippen LogP contribution in [0.5, 0.6) is 23.0 Å². The van der Waals surface area contributed by atoms with Gasteiger partial charge in [0.1, 0.15) is 63.0 Å². The molecule has 11 saturated heterocycles. The van der Waals surface area contributed by atoms with Gasteiger partial charge in [-0.15, -0.1) is 0 Å². The Morgan fingerprint density at radius 2 is 0.500 bits per heavy atom. The van der Waals surface area contributed by atoms with Crippen molar-refractivity contribution in [1.82, 2.24) is 78.4 Å². The Morgan fingerprint density at radius 1 is 0.309 bits per heavy atom. The molecule has 0 aliphatic carbocycles. The Morgan fingerprint density at radius 3 is 0.700 bits per heavy atom. The molecule has 17 rings (SSSR count). The number of rotatable bonds is 20. The van der Waals surface area contributed by atoms with Crippen LogP contribution in [0.1, 0.15) is 75.6 Å². The van der Waals surface area contributed by atoms with E-state index in [1.54, 1.807) is 76.2 Å². The van der Waals surface area contributed by atoms with E-state index in [0.717, 1.165) is 0 Å². The third-order valence-corrected chi connectivity index (χ3v) is 27.0. The molecule has 48 heteroatoms. The van der Waals surface area contributed by atoms with E-state index in [-0.39, 0.29) is 179 Å². The van der Waals surface area contributed by atoms with Gasteiger partial charge in [0.15, 0.2) is 47.3 Å². The molecule has 0 bridgehead atoms. The molecule has 13 aliphatic heterocycles. The van der Waals surface area contributed by atoms with Crippen molar-refractivity contribution in [2.75, 3.05) is 89.5 Å². The second kappa shape index (κ2) is 27.3. The molecule has 16 amide bonds. The van der Waals surface area contributed by atoms with E-state index in [1.165, 1.54) is 78.4 Å². The van der Waals surface area contributed by atoms with Crippen LogP contribution in [0.3, 0.4) is 0 Å². The van der Waals surface area contributed by atoms with Gasteiger partial charge in [0.25, 0.3) is 40.5 Å². The third kappa shape index (κ3) is 11.6. The van der Waals surface area contributed by atoms with Gasteiger partial charge >= 0.3 is 126 Å². The predicted octanol–water partition coefficient (Wildman–Crippen LogP) is 2.19. The number of ether oxygens (including phenoxy) is 4. The van der Waals surface area contributed by atoms with Gasteiger partial charge in [-0.25, -0.2) is 38.4 Å². The van der Waals surface area contributed by atoms with Crippen LogP contribution in [-0.2, 0) is 145 Å². The van der Waals surface area contributed by atoms with Crippen LogP contribution in [0.15, 0.2) is 48.5 Å². The van der Waals surface area contributed by atoms with Gasteiger partial charge < -0.3 is 18.9 Å². The van der Waals surface area contributed by atoms with Crippen molar-refractivity contribution in [2.24, 2.45) is 0 Å². The molecule has 0 unspecified atom stereocenters. The maximum absolute atomic E-state index is 15.9. The number of amides is 16. The normalized spacial score (nSPS) is 27.3. The summed E-state index contributed by atoms with van der Waals surface area (Å²) >= 11 is 0. The van der Waals surface area contributed by atoms with Crippen molar-refractivity contribution in [2.45, 2.75) is 127 Å². The van der Waals surface area contributed by atoms with E-state index in [0.29, 0.717) is 43.8 Å². The van der Waals surface area contributed by atoms with Crippen LogP contribution in [0.2, 0.25) is 0 Å². The first-order valence-corrected chi connectivity index (χ1v) is 40.5. The number of urea groups is 8. The van der Waals surface area contributed by atoms with Crippen molar-refractivity contribution < 1.29 is 187 Å². The summed E-state index contributed by atoms with van der Waals surface area (Å²) in [5.41, 5.74) is -5.49. The minimum atomic E-state index is -4.40. The Labute approximate surface area is 680 Å². The number of benzene rings is 4. The quantitative estimate of drug-likeness (QED) is 0.0559. The second-order valence-corrected chi connectivity index (χ2v) is 35.3. The summed E-state index contributed by atoms with van der Waals surface area (Å²) in [6.07, 6.45) is -5.86. The largest absolute Gasteiger partial charge is 2.00 e. The summed E-state index contributed by atoms with van der Waals surface area (Å²) in [5, 5.41) is 2.05. The van der Waals surface area contributed by atoms with Gasteiger partial charge in [0, 0.05) is 22.3 Å². The summed E-state index contributed by atoms with van der Waals surface area (Å²) in [5.74, 6) is -1.80. The first-order valence-electron chi connectivity index (χ1n) is 34.0. The van der Waals surface area contributed by atoms with Crippen LogP contribution >= 0.6 is 0 Å². The first kappa shape index (κ1) is 80.9. The molecule has 13 aliphatic rings. The van der Waals surface area contributed by atoms with Gasteiger partial charge in [-0.2, -0.15) is 33.7 Å². The Balaban J connectivity index is 0.00000266. The number of hydrogen-bond donors (Lipinski definition) is 4. The molecular weight excluding hydrogens is 1740 g/mol. The first-order chi connectivity index (χ1) is 49.9. The van der Waals surface area contributed by atoms with E-state index < -0.39 is 199 Å². The topological polar surface area (TPSA) is 443 Å². The third-order valence-electron chi connectivity index (χ3n) is 23.8. The van der Waals surface area contributed by atoms with Crippen LogP contribution in [0.4, 0.5) is 38.4 Å². The zero-order valence-electron chi connectivity index (χ0n) is 60.1. The fraction of sp³-hybridized carbons (Fsp3) is 0.548. The van der Waals surface area contributed by atoms with Crippen LogP contribution < -0.4 is 18.9 Å². The average molecular weight is 1820 g/mol. The monoisotopic (exact) mass is 1810 g/mol. The summed E-state index contributed by atoms with van der Waals surface area (Å²) in [4.78, 5) is 149. The average Bonchev–Trinajstić information content (AvgIpc) is 1.49. The Bertz CT molecular complexity index is 4570. The maximum atomic E-state index is 15.9. The van der Waals surface area contributed by atoms with Crippen molar-refractivity contribution >= 4 is 110 Å². The fourth-order valence-electron chi connectivity index (χ4n) is 18.6. The molecule has 0 atom stereocenters. The molecule has 110 heavy (non-hydrogen) atoms.